The maximum absolute atomic E-state index is 5.64. The van der Waals surface area contributed by atoms with Gasteiger partial charge in [0.25, 0.3) is 0 Å². The van der Waals surface area contributed by atoms with Crippen molar-refractivity contribution in [3.8, 4) is 5.88 Å². The molecule has 0 aliphatic carbocycles. The summed E-state index contributed by atoms with van der Waals surface area (Å²) < 4.78 is 5.42. The minimum atomic E-state index is 0.0248. The minimum Gasteiger partial charge on any atom is -0.478 e. The van der Waals surface area contributed by atoms with Gasteiger partial charge in [0.1, 0.15) is 0 Å². The highest BCUT2D eigenvalue weighted by atomic mass is 16.5. The number of pyridine rings is 1. The fraction of sp³-hybridized carbons (Fsp3) is 0.583. The Morgan fingerprint density at radius 2 is 2.00 bits per heavy atom. The number of nitrogens with zero attached hydrogens (tertiary/aromatic N) is 1. The highest BCUT2D eigenvalue weighted by Crippen LogP contribution is 2.24. The molecular weight excluding hydrogens is 188 g/mol. The van der Waals surface area contributed by atoms with E-state index < -0.39 is 0 Å². The minimum absolute atomic E-state index is 0.0248. The Morgan fingerprint density at radius 1 is 1.33 bits per heavy atom. The Morgan fingerprint density at radius 3 is 2.47 bits per heavy atom. The fourth-order valence-electron chi connectivity index (χ4n) is 1.28. The molecule has 0 spiro atoms. The molecule has 0 unspecified atom stereocenters. The lowest BCUT2D eigenvalue weighted by Crippen LogP contribution is -2.15. The van der Waals surface area contributed by atoms with Gasteiger partial charge in [0.2, 0.25) is 5.88 Å². The maximum Gasteiger partial charge on any atom is 0.213 e. The third-order valence-electron chi connectivity index (χ3n) is 2.16. The Labute approximate surface area is 91.7 Å². The highest BCUT2D eigenvalue weighted by molar-refractivity contribution is 5.28. The van der Waals surface area contributed by atoms with Crippen LogP contribution in [0.3, 0.4) is 0 Å². The van der Waals surface area contributed by atoms with E-state index in [0.29, 0.717) is 19.0 Å². The molecule has 0 radical (unpaired) electrons. The van der Waals surface area contributed by atoms with Gasteiger partial charge in [-0.15, -0.1) is 0 Å². The van der Waals surface area contributed by atoms with E-state index in [9.17, 15) is 0 Å². The monoisotopic (exact) mass is 208 g/mol. The van der Waals surface area contributed by atoms with Gasteiger partial charge in [-0.05, 0) is 18.6 Å². The maximum atomic E-state index is 5.64. The van der Waals surface area contributed by atoms with Crippen LogP contribution in [0.25, 0.3) is 0 Å². The molecule has 0 aromatic carbocycles. The molecule has 1 aromatic rings. The summed E-state index contributed by atoms with van der Waals surface area (Å²) in [5, 5.41) is 0. The van der Waals surface area contributed by atoms with E-state index in [1.807, 2.05) is 19.1 Å². The summed E-state index contributed by atoms with van der Waals surface area (Å²) in [4.78, 5) is 4.46. The molecule has 2 N–H and O–H groups in total. The van der Waals surface area contributed by atoms with E-state index in [-0.39, 0.29) is 5.41 Å². The number of nitrogens with two attached hydrogens (primary N) is 1. The second-order valence-electron chi connectivity index (χ2n) is 4.59. The molecule has 0 aliphatic heterocycles. The first kappa shape index (κ1) is 12.0. The van der Waals surface area contributed by atoms with Gasteiger partial charge in [0, 0.05) is 18.0 Å². The zero-order valence-electron chi connectivity index (χ0n) is 10.0. The van der Waals surface area contributed by atoms with E-state index in [0.717, 1.165) is 11.3 Å². The van der Waals surface area contributed by atoms with Crippen molar-refractivity contribution in [3.63, 3.8) is 0 Å². The first-order valence-corrected chi connectivity index (χ1v) is 5.31. The molecule has 1 heterocycles. The van der Waals surface area contributed by atoms with Crippen molar-refractivity contribution >= 4 is 0 Å². The third kappa shape index (κ3) is 3.20. The van der Waals surface area contributed by atoms with Crippen LogP contribution >= 0.6 is 0 Å². The molecule has 84 valence electrons. The largest absolute Gasteiger partial charge is 0.478 e. The zero-order valence-corrected chi connectivity index (χ0v) is 10.0. The van der Waals surface area contributed by atoms with Gasteiger partial charge >= 0.3 is 0 Å². The van der Waals surface area contributed by atoms with Crippen LogP contribution in [0, 0.1) is 0 Å². The lowest BCUT2D eigenvalue weighted by Gasteiger charge is -2.19. The summed E-state index contributed by atoms with van der Waals surface area (Å²) in [5.41, 5.74) is 7.76. The summed E-state index contributed by atoms with van der Waals surface area (Å²) in [6, 6.07) is 3.95. The van der Waals surface area contributed by atoms with Crippen LogP contribution in [0.2, 0.25) is 0 Å². The zero-order chi connectivity index (χ0) is 11.5. The van der Waals surface area contributed by atoms with E-state index in [4.69, 9.17) is 10.5 Å². The van der Waals surface area contributed by atoms with Crippen molar-refractivity contribution in [3.05, 3.63) is 23.4 Å². The Hall–Kier alpha value is -1.09. The van der Waals surface area contributed by atoms with Crippen molar-refractivity contribution in [2.24, 2.45) is 5.73 Å². The summed E-state index contributed by atoms with van der Waals surface area (Å²) in [6.45, 7) is 9.49. The number of ether oxygens (including phenoxy) is 1. The topological polar surface area (TPSA) is 48.1 Å². The predicted octanol–water partition coefficient (Wildman–Crippen LogP) is 2.24. The van der Waals surface area contributed by atoms with E-state index in [1.54, 1.807) is 0 Å². The summed E-state index contributed by atoms with van der Waals surface area (Å²) in [5.74, 6) is 0.672. The predicted molar refractivity (Wildman–Crippen MR) is 62.0 cm³/mol. The SMILES string of the molecule is CCOc1cc(CN)cc(C(C)(C)C)n1. The molecule has 0 saturated carbocycles. The first-order valence-electron chi connectivity index (χ1n) is 5.31. The molecule has 3 heteroatoms. The number of hydrogen-bond acceptors (Lipinski definition) is 3. The van der Waals surface area contributed by atoms with Crippen molar-refractivity contribution in [1.82, 2.24) is 4.98 Å². The molecule has 15 heavy (non-hydrogen) atoms. The molecule has 0 amide bonds. The van der Waals surface area contributed by atoms with Crippen LogP contribution in [0.1, 0.15) is 39.0 Å². The lowest BCUT2D eigenvalue weighted by atomic mass is 9.91. The summed E-state index contributed by atoms with van der Waals surface area (Å²) in [7, 11) is 0. The van der Waals surface area contributed by atoms with Crippen LogP contribution in [-0.2, 0) is 12.0 Å². The van der Waals surface area contributed by atoms with Gasteiger partial charge in [-0.3, -0.25) is 0 Å². The van der Waals surface area contributed by atoms with Crippen LogP contribution in [-0.4, -0.2) is 11.6 Å². The first-order chi connectivity index (χ1) is 6.97. The normalized spacial score (nSPS) is 11.5. The average Bonchev–Trinajstić information content (AvgIpc) is 2.16. The molecule has 0 aliphatic rings. The van der Waals surface area contributed by atoms with Crippen LogP contribution < -0.4 is 10.5 Å². The molecule has 1 aromatic heterocycles. The lowest BCUT2D eigenvalue weighted by molar-refractivity contribution is 0.323. The van der Waals surface area contributed by atoms with Gasteiger partial charge in [0.15, 0.2) is 0 Å². The van der Waals surface area contributed by atoms with Gasteiger partial charge in [-0.1, -0.05) is 20.8 Å². The average molecular weight is 208 g/mol. The van der Waals surface area contributed by atoms with Crippen molar-refractivity contribution in [2.45, 2.75) is 39.7 Å². The van der Waals surface area contributed by atoms with Crippen LogP contribution in [0.4, 0.5) is 0 Å². The number of rotatable bonds is 3. The standard InChI is InChI=1S/C12H20N2O/c1-5-15-11-7-9(8-13)6-10(14-11)12(2,3)4/h6-7H,5,8,13H2,1-4H3. The number of aromatic nitrogens is 1. The van der Waals surface area contributed by atoms with Crippen LogP contribution in [0.15, 0.2) is 12.1 Å². The van der Waals surface area contributed by atoms with Crippen LogP contribution in [0.5, 0.6) is 5.88 Å². The molecule has 0 fully saturated rings. The Bertz CT molecular complexity index is 329. The molecule has 3 nitrogen and oxygen atoms in total. The molecule has 0 saturated heterocycles. The Kier molecular flexibility index (Phi) is 3.69. The molecular formula is C12H20N2O. The number of hydrogen-bond donors (Lipinski definition) is 1. The Balaban J connectivity index is 3.11. The second kappa shape index (κ2) is 4.62. The fourth-order valence-corrected chi connectivity index (χ4v) is 1.28. The molecule has 1 rings (SSSR count). The summed E-state index contributed by atoms with van der Waals surface area (Å²) in [6.07, 6.45) is 0. The molecule has 0 bridgehead atoms. The van der Waals surface area contributed by atoms with Gasteiger partial charge in [0.05, 0.1) is 12.3 Å². The smallest absolute Gasteiger partial charge is 0.213 e. The summed E-state index contributed by atoms with van der Waals surface area (Å²) >= 11 is 0. The van der Waals surface area contributed by atoms with Crippen molar-refractivity contribution in [2.75, 3.05) is 6.61 Å². The van der Waals surface area contributed by atoms with Gasteiger partial charge < -0.3 is 10.5 Å². The van der Waals surface area contributed by atoms with Gasteiger partial charge in [-0.2, -0.15) is 0 Å². The van der Waals surface area contributed by atoms with E-state index in [1.165, 1.54) is 0 Å². The quantitative estimate of drug-likeness (QED) is 0.828. The van der Waals surface area contributed by atoms with E-state index >= 15 is 0 Å². The third-order valence-corrected chi connectivity index (χ3v) is 2.16. The molecule has 0 atom stereocenters. The van der Waals surface area contributed by atoms with Crippen molar-refractivity contribution < 1.29 is 4.74 Å². The highest BCUT2D eigenvalue weighted by Gasteiger charge is 2.17. The van der Waals surface area contributed by atoms with Gasteiger partial charge in [-0.25, -0.2) is 4.98 Å². The second-order valence-corrected chi connectivity index (χ2v) is 4.59. The van der Waals surface area contributed by atoms with Crippen molar-refractivity contribution in [1.29, 1.82) is 0 Å². The van der Waals surface area contributed by atoms with E-state index in [2.05, 4.69) is 25.8 Å².